The normalized spacial score (nSPS) is 30.8. The van der Waals surface area contributed by atoms with Crippen LogP contribution < -0.4 is 0 Å². The van der Waals surface area contributed by atoms with E-state index in [9.17, 15) is 4.79 Å². The van der Waals surface area contributed by atoms with Crippen LogP contribution in [0.5, 0.6) is 0 Å². The second-order valence-corrected chi connectivity index (χ2v) is 1.55. The van der Waals surface area contributed by atoms with Crippen molar-refractivity contribution in [1.29, 1.82) is 0 Å². The number of carbonyl (C=O) groups excluding carboxylic acids is 1. The number of aliphatic hydroxyl groups is 1. The van der Waals surface area contributed by atoms with Crippen LogP contribution in [-0.4, -0.2) is 17.5 Å². The van der Waals surface area contributed by atoms with E-state index in [4.69, 9.17) is 5.11 Å². The van der Waals surface area contributed by atoms with Gasteiger partial charge in [0.2, 0.25) is 0 Å². The van der Waals surface area contributed by atoms with Gasteiger partial charge in [-0.3, -0.25) is 4.79 Å². The molecule has 1 aliphatic carbocycles. The number of Topliss-reactive ketones (excluding diaryl/α,β-unsaturated/α-hetero) is 1. The second kappa shape index (κ2) is 1.05. The topological polar surface area (TPSA) is 37.3 Å². The standard InChI is InChI=1S/C4H6O2/c5-2-3-1-4(3)6/h3,5H,1-2H2/t3-/m0/s1. The number of ketones is 1. The minimum atomic E-state index is 0.0185. The first-order valence-corrected chi connectivity index (χ1v) is 1.98. The number of carbonyl (C=O) groups is 1. The smallest absolute Gasteiger partial charge is 0.139 e. The molecule has 1 atom stereocenters. The van der Waals surface area contributed by atoms with Crippen LogP contribution in [0.15, 0.2) is 0 Å². The fourth-order valence-corrected chi connectivity index (χ4v) is 0.350. The molecule has 0 amide bonds. The molecule has 1 aliphatic rings. The van der Waals surface area contributed by atoms with E-state index < -0.39 is 0 Å². The highest BCUT2D eigenvalue weighted by molar-refractivity contribution is 5.96. The van der Waals surface area contributed by atoms with E-state index in [2.05, 4.69) is 0 Å². The lowest BCUT2D eigenvalue weighted by atomic mass is 10.5. The van der Waals surface area contributed by atoms with E-state index in [1.165, 1.54) is 0 Å². The van der Waals surface area contributed by atoms with E-state index in [0.717, 1.165) is 0 Å². The Kier molecular flexibility index (Phi) is 0.665. The summed E-state index contributed by atoms with van der Waals surface area (Å²) >= 11 is 0. The van der Waals surface area contributed by atoms with Gasteiger partial charge in [0, 0.05) is 12.3 Å². The summed E-state index contributed by atoms with van der Waals surface area (Å²) in [4.78, 5) is 9.96. The average Bonchev–Trinajstić information content (AvgIpc) is 2.19. The summed E-state index contributed by atoms with van der Waals surface area (Å²) in [5.74, 6) is 0.225. The van der Waals surface area contributed by atoms with Crippen molar-refractivity contribution in [1.82, 2.24) is 0 Å². The molecular weight excluding hydrogens is 80.0 g/mol. The van der Waals surface area contributed by atoms with Crippen LogP contribution in [0, 0.1) is 5.92 Å². The molecule has 0 unspecified atom stereocenters. The highest BCUT2D eigenvalue weighted by Gasteiger charge is 2.33. The summed E-state index contributed by atoms with van der Waals surface area (Å²) in [6, 6.07) is 0. The molecule has 0 aromatic heterocycles. The first-order valence-electron chi connectivity index (χ1n) is 1.98. The average molecular weight is 86.1 g/mol. The largest absolute Gasteiger partial charge is 0.396 e. The molecule has 2 heteroatoms. The molecule has 2 nitrogen and oxygen atoms in total. The summed E-state index contributed by atoms with van der Waals surface area (Å²) in [6.45, 7) is 0.0544. The van der Waals surface area contributed by atoms with E-state index in [-0.39, 0.29) is 18.3 Å². The number of hydrogen-bond donors (Lipinski definition) is 1. The van der Waals surface area contributed by atoms with Crippen molar-refractivity contribution in [2.24, 2.45) is 5.92 Å². The summed E-state index contributed by atoms with van der Waals surface area (Å²) in [7, 11) is 0. The van der Waals surface area contributed by atoms with Crippen molar-refractivity contribution in [2.75, 3.05) is 6.61 Å². The number of rotatable bonds is 1. The minimum absolute atomic E-state index is 0.0185. The zero-order valence-electron chi connectivity index (χ0n) is 3.35. The van der Waals surface area contributed by atoms with Crippen LogP contribution in [0.25, 0.3) is 0 Å². The highest BCUT2D eigenvalue weighted by Crippen LogP contribution is 2.21. The van der Waals surface area contributed by atoms with Crippen molar-refractivity contribution in [3.63, 3.8) is 0 Å². The van der Waals surface area contributed by atoms with E-state index in [0.29, 0.717) is 6.42 Å². The van der Waals surface area contributed by atoms with Crippen molar-refractivity contribution in [3.8, 4) is 0 Å². The molecule has 0 aromatic carbocycles. The third-order valence-corrected chi connectivity index (χ3v) is 0.963. The summed E-state index contributed by atoms with van der Waals surface area (Å²) < 4.78 is 0. The lowest BCUT2D eigenvalue weighted by molar-refractivity contribution is -0.111. The quantitative estimate of drug-likeness (QED) is 0.470. The molecular formula is C4H6O2. The van der Waals surface area contributed by atoms with Crippen molar-refractivity contribution >= 4 is 5.78 Å². The Bertz CT molecular complexity index is 77.6. The van der Waals surface area contributed by atoms with E-state index in [1.807, 2.05) is 0 Å². The number of aliphatic hydroxyl groups excluding tert-OH is 1. The zero-order chi connectivity index (χ0) is 4.57. The molecule has 0 aromatic rings. The van der Waals surface area contributed by atoms with Crippen molar-refractivity contribution in [3.05, 3.63) is 0 Å². The van der Waals surface area contributed by atoms with E-state index >= 15 is 0 Å². The van der Waals surface area contributed by atoms with Gasteiger partial charge in [-0.25, -0.2) is 0 Å². The lowest BCUT2D eigenvalue weighted by Crippen LogP contribution is -1.84. The minimum Gasteiger partial charge on any atom is -0.396 e. The third kappa shape index (κ3) is 0.431. The van der Waals surface area contributed by atoms with Gasteiger partial charge in [0.15, 0.2) is 0 Å². The Labute approximate surface area is 35.8 Å². The van der Waals surface area contributed by atoms with Gasteiger partial charge in [0.05, 0.1) is 6.61 Å². The summed E-state index contributed by atoms with van der Waals surface area (Å²) in [5, 5.41) is 8.16. The molecule has 1 rings (SSSR count). The maximum absolute atomic E-state index is 9.96. The molecule has 1 fully saturated rings. The Balaban J connectivity index is 2.26. The monoisotopic (exact) mass is 86.0 g/mol. The van der Waals surface area contributed by atoms with Gasteiger partial charge in [-0.2, -0.15) is 0 Å². The SMILES string of the molecule is O=C1C[C@H]1CO. The van der Waals surface area contributed by atoms with Gasteiger partial charge in [-0.05, 0) is 0 Å². The highest BCUT2D eigenvalue weighted by atomic mass is 16.3. The van der Waals surface area contributed by atoms with Crippen LogP contribution in [0.2, 0.25) is 0 Å². The molecule has 0 radical (unpaired) electrons. The predicted molar refractivity (Wildman–Crippen MR) is 20.2 cm³/mol. The van der Waals surface area contributed by atoms with Crippen LogP contribution in [-0.2, 0) is 4.79 Å². The van der Waals surface area contributed by atoms with Gasteiger partial charge in [0.1, 0.15) is 5.78 Å². The van der Waals surface area contributed by atoms with Gasteiger partial charge >= 0.3 is 0 Å². The molecule has 34 valence electrons. The molecule has 1 N–H and O–H groups in total. The zero-order valence-corrected chi connectivity index (χ0v) is 3.35. The lowest BCUT2D eigenvalue weighted by Gasteiger charge is -1.71. The molecule has 1 saturated carbocycles. The van der Waals surface area contributed by atoms with Gasteiger partial charge in [-0.15, -0.1) is 0 Å². The molecule has 0 bridgehead atoms. The van der Waals surface area contributed by atoms with Crippen molar-refractivity contribution < 1.29 is 9.90 Å². The van der Waals surface area contributed by atoms with Crippen LogP contribution in [0.4, 0.5) is 0 Å². The maximum Gasteiger partial charge on any atom is 0.139 e. The fourth-order valence-electron chi connectivity index (χ4n) is 0.350. The summed E-state index contributed by atoms with van der Waals surface area (Å²) in [6.07, 6.45) is 0.608. The Morgan fingerprint density at radius 2 is 2.50 bits per heavy atom. The number of hydrogen-bond acceptors (Lipinski definition) is 2. The maximum atomic E-state index is 9.96. The van der Waals surface area contributed by atoms with Crippen LogP contribution >= 0.6 is 0 Å². The van der Waals surface area contributed by atoms with E-state index in [1.54, 1.807) is 0 Å². The first kappa shape index (κ1) is 3.81. The Hall–Kier alpha value is -0.370. The molecule has 0 heterocycles. The first-order chi connectivity index (χ1) is 2.84. The molecule has 6 heavy (non-hydrogen) atoms. The molecule has 0 spiro atoms. The molecule has 0 aliphatic heterocycles. The predicted octanol–water partition coefficient (Wildman–Crippen LogP) is -0.432. The summed E-state index contributed by atoms with van der Waals surface area (Å²) in [5.41, 5.74) is 0. The van der Waals surface area contributed by atoms with Crippen LogP contribution in [0.3, 0.4) is 0 Å². The van der Waals surface area contributed by atoms with Gasteiger partial charge in [0.25, 0.3) is 0 Å². The Morgan fingerprint density at radius 3 is 2.50 bits per heavy atom. The third-order valence-electron chi connectivity index (χ3n) is 0.963. The second-order valence-electron chi connectivity index (χ2n) is 1.55. The van der Waals surface area contributed by atoms with Gasteiger partial charge < -0.3 is 5.11 Å². The molecule has 0 saturated heterocycles. The fraction of sp³-hybridized carbons (Fsp3) is 0.750. The van der Waals surface area contributed by atoms with Gasteiger partial charge in [-0.1, -0.05) is 0 Å². The Morgan fingerprint density at radius 1 is 2.00 bits per heavy atom. The van der Waals surface area contributed by atoms with Crippen molar-refractivity contribution in [2.45, 2.75) is 6.42 Å². The van der Waals surface area contributed by atoms with Crippen LogP contribution in [0.1, 0.15) is 6.42 Å².